The summed E-state index contributed by atoms with van der Waals surface area (Å²) in [5.41, 5.74) is 6.34. The molecule has 1 unspecified atom stereocenters. The maximum absolute atomic E-state index is 11.7. The Kier molecular flexibility index (Phi) is 7.71. The number of hydrogen-bond donors (Lipinski definition) is 2. The first kappa shape index (κ1) is 17.9. The van der Waals surface area contributed by atoms with E-state index in [1.54, 1.807) is 7.11 Å². The monoisotopic (exact) mass is 357 g/mol. The maximum atomic E-state index is 11.7. The van der Waals surface area contributed by atoms with Gasteiger partial charge >= 0.3 is 0 Å². The molecule has 21 heavy (non-hydrogen) atoms. The van der Waals surface area contributed by atoms with Gasteiger partial charge in [0.1, 0.15) is 11.8 Å². The summed E-state index contributed by atoms with van der Waals surface area (Å²) in [6.07, 6.45) is 0. The lowest BCUT2D eigenvalue weighted by molar-refractivity contribution is -0.120. The molecule has 1 rings (SSSR count). The summed E-state index contributed by atoms with van der Waals surface area (Å²) in [6, 6.07) is 5.03. The van der Waals surface area contributed by atoms with E-state index in [0.29, 0.717) is 6.54 Å². The molecule has 3 N–H and O–H groups in total. The highest BCUT2D eigenvalue weighted by Crippen LogP contribution is 2.28. The molecule has 0 fully saturated rings. The average Bonchev–Trinajstić information content (AvgIpc) is 2.47. The van der Waals surface area contributed by atoms with Gasteiger partial charge in [0.15, 0.2) is 0 Å². The van der Waals surface area contributed by atoms with Crippen molar-refractivity contribution in [3.8, 4) is 5.75 Å². The summed E-state index contributed by atoms with van der Waals surface area (Å²) < 4.78 is 6.00. The fourth-order valence-electron chi connectivity index (χ4n) is 2.15. The second-order valence-electron chi connectivity index (χ2n) is 4.71. The van der Waals surface area contributed by atoms with Crippen molar-refractivity contribution in [2.75, 3.05) is 33.3 Å². The summed E-state index contributed by atoms with van der Waals surface area (Å²) in [7, 11) is 1.60. The minimum absolute atomic E-state index is 0.383. The zero-order valence-corrected chi connectivity index (χ0v) is 14.4. The lowest BCUT2D eigenvalue weighted by Crippen LogP contribution is -2.38. The van der Waals surface area contributed by atoms with Crippen molar-refractivity contribution in [3.05, 3.63) is 28.2 Å². The van der Waals surface area contributed by atoms with Crippen LogP contribution in [0.3, 0.4) is 0 Å². The number of carbonyl (C=O) groups excluding carboxylic acids is 1. The Bertz CT molecular complexity index is 464. The molecular weight excluding hydrogens is 334 g/mol. The molecule has 0 radical (unpaired) electrons. The Morgan fingerprint density at radius 2 is 2.10 bits per heavy atom. The van der Waals surface area contributed by atoms with E-state index in [-0.39, 0.29) is 5.91 Å². The second-order valence-corrected chi connectivity index (χ2v) is 5.56. The number of benzene rings is 1. The number of carbonyl (C=O) groups is 1. The molecule has 0 aliphatic heterocycles. The van der Waals surface area contributed by atoms with E-state index in [1.165, 1.54) is 0 Å². The summed E-state index contributed by atoms with van der Waals surface area (Å²) in [5, 5.41) is 3.22. The van der Waals surface area contributed by atoms with E-state index < -0.39 is 6.04 Å². The van der Waals surface area contributed by atoms with Gasteiger partial charge in [-0.1, -0.05) is 19.9 Å². The zero-order valence-electron chi connectivity index (χ0n) is 12.9. The molecule has 1 aromatic carbocycles. The number of halogens is 1. The van der Waals surface area contributed by atoms with E-state index in [9.17, 15) is 4.79 Å². The number of ether oxygens (including phenoxy) is 1. The molecule has 1 aromatic rings. The first-order chi connectivity index (χ1) is 10.0. The van der Waals surface area contributed by atoms with Gasteiger partial charge < -0.3 is 20.7 Å². The van der Waals surface area contributed by atoms with E-state index in [0.717, 1.165) is 35.4 Å². The van der Waals surface area contributed by atoms with Crippen LogP contribution in [0.4, 0.5) is 0 Å². The van der Waals surface area contributed by atoms with Crippen LogP contribution in [-0.2, 0) is 4.79 Å². The average molecular weight is 358 g/mol. The van der Waals surface area contributed by atoms with Crippen molar-refractivity contribution in [2.45, 2.75) is 19.9 Å². The van der Waals surface area contributed by atoms with Crippen LogP contribution in [0.25, 0.3) is 0 Å². The highest BCUT2D eigenvalue weighted by atomic mass is 79.9. The molecule has 1 amide bonds. The van der Waals surface area contributed by atoms with Crippen LogP contribution in [0.5, 0.6) is 5.75 Å². The minimum atomic E-state index is -0.497. The summed E-state index contributed by atoms with van der Waals surface area (Å²) in [4.78, 5) is 14.0. The molecule has 0 saturated heterocycles. The quantitative estimate of drug-likeness (QED) is 0.708. The van der Waals surface area contributed by atoms with Crippen LogP contribution in [-0.4, -0.2) is 44.1 Å². The number of amides is 1. The predicted molar refractivity (Wildman–Crippen MR) is 88.4 cm³/mol. The van der Waals surface area contributed by atoms with Crippen LogP contribution in [0, 0.1) is 0 Å². The zero-order chi connectivity index (χ0) is 15.8. The number of methoxy groups -OCH3 is 1. The molecule has 0 heterocycles. The fourth-order valence-corrected chi connectivity index (χ4v) is 2.71. The minimum Gasteiger partial charge on any atom is -0.496 e. The van der Waals surface area contributed by atoms with Crippen LogP contribution in [0.15, 0.2) is 22.7 Å². The number of nitrogens with zero attached hydrogens (tertiary/aromatic N) is 1. The normalized spacial score (nSPS) is 12.4. The Morgan fingerprint density at radius 3 is 2.57 bits per heavy atom. The van der Waals surface area contributed by atoms with E-state index in [4.69, 9.17) is 10.5 Å². The maximum Gasteiger partial charge on any atom is 0.239 e. The van der Waals surface area contributed by atoms with Crippen molar-refractivity contribution in [1.29, 1.82) is 0 Å². The van der Waals surface area contributed by atoms with Gasteiger partial charge in [0.25, 0.3) is 0 Å². The molecule has 0 bridgehead atoms. The van der Waals surface area contributed by atoms with Gasteiger partial charge in [-0.3, -0.25) is 4.79 Å². The number of nitrogens with two attached hydrogens (primary N) is 1. The first-order valence-electron chi connectivity index (χ1n) is 7.11. The van der Waals surface area contributed by atoms with Crippen LogP contribution >= 0.6 is 15.9 Å². The number of likely N-dealkylation sites (N-methyl/N-ethyl adjacent to an activating group) is 1. The largest absolute Gasteiger partial charge is 0.496 e. The highest BCUT2D eigenvalue weighted by molar-refractivity contribution is 9.10. The highest BCUT2D eigenvalue weighted by Gasteiger charge is 2.18. The van der Waals surface area contributed by atoms with Crippen molar-refractivity contribution in [2.24, 2.45) is 5.73 Å². The van der Waals surface area contributed by atoms with Gasteiger partial charge in [0, 0.05) is 13.1 Å². The van der Waals surface area contributed by atoms with Crippen LogP contribution < -0.4 is 15.8 Å². The van der Waals surface area contributed by atoms with Crippen molar-refractivity contribution >= 4 is 21.8 Å². The summed E-state index contributed by atoms with van der Waals surface area (Å²) in [6.45, 7) is 7.82. The van der Waals surface area contributed by atoms with Gasteiger partial charge in [-0.05, 0) is 46.7 Å². The van der Waals surface area contributed by atoms with E-state index in [1.807, 2.05) is 18.2 Å². The first-order valence-corrected chi connectivity index (χ1v) is 7.91. The molecule has 0 spiro atoms. The van der Waals surface area contributed by atoms with E-state index in [2.05, 4.69) is 40.0 Å². The van der Waals surface area contributed by atoms with Crippen LogP contribution in [0.2, 0.25) is 0 Å². The Morgan fingerprint density at radius 1 is 1.43 bits per heavy atom. The van der Waals surface area contributed by atoms with Crippen LogP contribution in [0.1, 0.15) is 25.5 Å². The third kappa shape index (κ3) is 5.30. The van der Waals surface area contributed by atoms with Crippen molar-refractivity contribution in [3.63, 3.8) is 0 Å². The smallest absolute Gasteiger partial charge is 0.239 e. The molecule has 0 aromatic heterocycles. The van der Waals surface area contributed by atoms with Gasteiger partial charge in [-0.2, -0.15) is 0 Å². The van der Waals surface area contributed by atoms with Crippen molar-refractivity contribution in [1.82, 2.24) is 10.2 Å². The number of rotatable bonds is 9. The second kappa shape index (κ2) is 9.02. The lowest BCUT2D eigenvalue weighted by Gasteiger charge is -2.21. The van der Waals surface area contributed by atoms with Crippen molar-refractivity contribution < 1.29 is 9.53 Å². The molecular formula is C15H24BrN3O2. The molecule has 0 saturated carbocycles. The topological polar surface area (TPSA) is 67.6 Å². The Labute approximate surface area is 135 Å². The summed E-state index contributed by atoms with van der Waals surface area (Å²) in [5.74, 6) is 0.344. The van der Waals surface area contributed by atoms with E-state index >= 15 is 0 Å². The standard InChI is InChI=1S/C15H24BrN3O2/c1-4-19(5-2)9-8-18-14(15(17)20)11-6-7-13(21-3)12(16)10-11/h6-7,10,14,18H,4-5,8-9H2,1-3H3,(H2,17,20). The lowest BCUT2D eigenvalue weighted by atomic mass is 10.1. The predicted octanol–water partition coefficient (Wildman–Crippen LogP) is 1.92. The number of hydrogen-bond acceptors (Lipinski definition) is 4. The van der Waals surface area contributed by atoms with Gasteiger partial charge in [0.2, 0.25) is 5.91 Å². The summed E-state index contributed by atoms with van der Waals surface area (Å²) >= 11 is 3.43. The Hall–Kier alpha value is -1.11. The molecule has 1 atom stereocenters. The molecule has 118 valence electrons. The van der Waals surface area contributed by atoms with Gasteiger partial charge in [-0.25, -0.2) is 0 Å². The molecule has 0 aliphatic rings. The molecule has 6 heteroatoms. The van der Waals surface area contributed by atoms with Gasteiger partial charge in [0.05, 0.1) is 11.6 Å². The third-order valence-corrected chi connectivity index (χ3v) is 4.08. The number of nitrogens with one attached hydrogen (secondary N) is 1. The van der Waals surface area contributed by atoms with Gasteiger partial charge in [-0.15, -0.1) is 0 Å². The fraction of sp³-hybridized carbons (Fsp3) is 0.533. The molecule has 0 aliphatic carbocycles. The molecule has 5 nitrogen and oxygen atoms in total. The Balaban J connectivity index is 2.73. The SMILES string of the molecule is CCN(CC)CCNC(C(N)=O)c1ccc(OC)c(Br)c1. The number of primary amides is 1. The third-order valence-electron chi connectivity index (χ3n) is 3.46.